The smallest absolute Gasteiger partial charge is 0.160 e. The van der Waals surface area contributed by atoms with Crippen molar-refractivity contribution in [2.24, 2.45) is 11.3 Å². The Bertz CT molecular complexity index is 435. The molecule has 0 bridgehead atoms. The van der Waals surface area contributed by atoms with Gasteiger partial charge in [-0.2, -0.15) is 0 Å². The lowest BCUT2D eigenvalue weighted by Gasteiger charge is -2.43. The third kappa shape index (κ3) is 2.94. The Balaban J connectivity index is 2.18. The van der Waals surface area contributed by atoms with Crippen molar-refractivity contribution in [3.05, 3.63) is 30.2 Å². The van der Waals surface area contributed by atoms with Crippen LogP contribution in [0.2, 0.25) is 0 Å². The zero-order valence-electron chi connectivity index (χ0n) is 13.0. The maximum absolute atomic E-state index is 9.70. The van der Waals surface area contributed by atoms with Gasteiger partial charge in [-0.15, -0.1) is 0 Å². The second-order valence-electron chi connectivity index (χ2n) is 6.02. The Morgan fingerprint density at radius 1 is 1.30 bits per heavy atom. The Morgan fingerprint density at radius 3 is 2.70 bits per heavy atom. The molecule has 1 atom stereocenters. The largest absolute Gasteiger partial charge is 0.504 e. The molecule has 0 spiro atoms. The molecule has 0 aliphatic heterocycles. The van der Waals surface area contributed by atoms with Gasteiger partial charge in [0.1, 0.15) is 0 Å². The van der Waals surface area contributed by atoms with Crippen molar-refractivity contribution in [2.45, 2.75) is 52.4 Å². The third-order valence-corrected chi connectivity index (χ3v) is 5.23. The summed E-state index contributed by atoms with van der Waals surface area (Å²) < 4.78 is 5.21. The van der Waals surface area contributed by atoms with Gasteiger partial charge in [-0.25, -0.2) is 0 Å². The predicted molar refractivity (Wildman–Crippen MR) is 83.0 cm³/mol. The van der Waals surface area contributed by atoms with Gasteiger partial charge in [0.25, 0.3) is 0 Å². The van der Waals surface area contributed by atoms with Crippen LogP contribution in [0, 0.1) is 17.8 Å². The number of benzene rings is 1. The van der Waals surface area contributed by atoms with Crippen LogP contribution in [-0.2, 0) is 0 Å². The summed E-state index contributed by atoms with van der Waals surface area (Å²) in [6.07, 6.45) is 10.2. The van der Waals surface area contributed by atoms with Crippen molar-refractivity contribution < 1.29 is 9.84 Å². The summed E-state index contributed by atoms with van der Waals surface area (Å²) >= 11 is 0. The average molecular weight is 275 g/mol. The van der Waals surface area contributed by atoms with Crippen molar-refractivity contribution >= 4 is 0 Å². The van der Waals surface area contributed by atoms with E-state index in [2.05, 4.69) is 20.3 Å². The average Bonchev–Trinajstić information content (AvgIpc) is 2.50. The highest BCUT2D eigenvalue weighted by atomic mass is 16.5. The fraction of sp³-hybridized carbons (Fsp3) is 0.611. The Labute approximate surface area is 123 Å². The van der Waals surface area contributed by atoms with Crippen LogP contribution in [0.3, 0.4) is 0 Å². The summed E-state index contributed by atoms with van der Waals surface area (Å²) in [4.78, 5) is 0. The number of phenolic OH excluding ortho intramolecular Hbond substituents is 1. The molecule has 0 aromatic heterocycles. The fourth-order valence-electron chi connectivity index (χ4n) is 3.75. The molecule has 1 fully saturated rings. The van der Waals surface area contributed by atoms with Gasteiger partial charge in [-0.3, -0.25) is 0 Å². The van der Waals surface area contributed by atoms with Crippen molar-refractivity contribution in [3.8, 4) is 11.5 Å². The first-order valence-corrected chi connectivity index (χ1v) is 7.87. The number of rotatable bonds is 5. The molecule has 1 N–H and O–H groups in total. The first-order valence-electron chi connectivity index (χ1n) is 7.87. The Hall–Kier alpha value is -1.18. The predicted octanol–water partition coefficient (Wildman–Crippen LogP) is 4.95. The summed E-state index contributed by atoms with van der Waals surface area (Å²) in [6, 6.07) is 5.66. The maximum Gasteiger partial charge on any atom is 0.160 e. The molecule has 1 unspecified atom stereocenters. The molecule has 2 heteroatoms. The number of hydrogen-bond acceptors (Lipinski definition) is 2. The molecule has 1 radical (unpaired) electrons. The Morgan fingerprint density at radius 2 is 2.05 bits per heavy atom. The van der Waals surface area contributed by atoms with Gasteiger partial charge in [0.05, 0.1) is 7.11 Å². The van der Waals surface area contributed by atoms with Crippen molar-refractivity contribution in [1.29, 1.82) is 0 Å². The van der Waals surface area contributed by atoms with Crippen LogP contribution in [0.1, 0.15) is 57.9 Å². The third-order valence-electron chi connectivity index (χ3n) is 5.23. The molecule has 0 saturated heterocycles. The van der Waals surface area contributed by atoms with E-state index in [0.717, 1.165) is 5.56 Å². The molecule has 1 aliphatic rings. The van der Waals surface area contributed by atoms with Gasteiger partial charge in [-0.05, 0) is 48.3 Å². The molecular formula is C18H27O2. The van der Waals surface area contributed by atoms with E-state index in [4.69, 9.17) is 4.74 Å². The number of aromatic hydroxyl groups is 1. The monoisotopic (exact) mass is 275 g/mol. The van der Waals surface area contributed by atoms with Gasteiger partial charge in [0.2, 0.25) is 0 Å². The van der Waals surface area contributed by atoms with Crippen LogP contribution >= 0.6 is 0 Å². The SMILES string of the molecule is CCC1(CC)CCCCC1[CH]c1ccc(O)c(OC)c1. The summed E-state index contributed by atoms with van der Waals surface area (Å²) in [5.74, 6) is 1.42. The van der Waals surface area contributed by atoms with Crippen molar-refractivity contribution in [3.63, 3.8) is 0 Å². The van der Waals surface area contributed by atoms with E-state index in [1.54, 1.807) is 13.2 Å². The number of hydrogen-bond donors (Lipinski definition) is 1. The van der Waals surface area contributed by atoms with E-state index in [0.29, 0.717) is 17.1 Å². The molecule has 2 rings (SSSR count). The highest BCUT2D eigenvalue weighted by Gasteiger charge is 2.37. The second kappa shape index (κ2) is 6.51. The van der Waals surface area contributed by atoms with Crippen LogP contribution in [0.4, 0.5) is 0 Å². The van der Waals surface area contributed by atoms with Crippen LogP contribution in [0.5, 0.6) is 11.5 Å². The van der Waals surface area contributed by atoms with Crippen LogP contribution in [0.25, 0.3) is 0 Å². The number of phenols is 1. The van der Waals surface area contributed by atoms with E-state index in [-0.39, 0.29) is 5.75 Å². The van der Waals surface area contributed by atoms with Crippen LogP contribution in [0.15, 0.2) is 18.2 Å². The van der Waals surface area contributed by atoms with Gasteiger partial charge in [0.15, 0.2) is 11.5 Å². The topological polar surface area (TPSA) is 29.5 Å². The fourth-order valence-corrected chi connectivity index (χ4v) is 3.75. The van der Waals surface area contributed by atoms with Crippen molar-refractivity contribution in [1.82, 2.24) is 0 Å². The van der Waals surface area contributed by atoms with Gasteiger partial charge in [-0.1, -0.05) is 45.6 Å². The first-order chi connectivity index (χ1) is 9.65. The van der Waals surface area contributed by atoms with E-state index in [1.807, 2.05) is 12.1 Å². The minimum absolute atomic E-state index is 0.213. The summed E-state index contributed by atoms with van der Waals surface area (Å²) in [6.45, 7) is 4.65. The highest BCUT2D eigenvalue weighted by molar-refractivity contribution is 5.44. The van der Waals surface area contributed by atoms with E-state index < -0.39 is 0 Å². The first kappa shape index (κ1) is 15.2. The standard InChI is InChI=1S/C18H27O2/c1-4-18(5-2)11-7-6-8-15(18)12-14-9-10-16(19)17(13-14)20-3/h9-10,12-13,15,19H,4-8,11H2,1-3H3. The molecule has 2 nitrogen and oxygen atoms in total. The number of methoxy groups -OCH3 is 1. The molecule has 20 heavy (non-hydrogen) atoms. The quantitative estimate of drug-likeness (QED) is 0.824. The normalized spacial score (nSPS) is 21.6. The zero-order valence-corrected chi connectivity index (χ0v) is 13.0. The lowest BCUT2D eigenvalue weighted by atomic mass is 9.61. The van der Waals surface area contributed by atoms with Gasteiger partial charge >= 0.3 is 0 Å². The molecule has 0 amide bonds. The molecular weight excluding hydrogens is 248 g/mol. The molecule has 111 valence electrons. The summed E-state index contributed by atoms with van der Waals surface area (Å²) in [7, 11) is 1.60. The van der Waals surface area contributed by atoms with Gasteiger partial charge in [0, 0.05) is 0 Å². The maximum atomic E-state index is 9.70. The second-order valence-corrected chi connectivity index (χ2v) is 6.02. The van der Waals surface area contributed by atoms with Crippen molar-refractivity contribution in [2.75, 3.05) is 7.11 Å². The molecule has 1 aromatic rings. The van der Waals surface area contributed by atoms with E-state index >= 15 is 0 Å². The van der Waals surface area contributed by atoms with E-state index in [1.165, 1.54) is 38.5 Å². The molecule has 0 heterocycles. The van der Waals surface area contributed by atoms with Gasteiger partial charge < -0.3 is 9.84 Å². The lowest BCUT2D eigenvalue weighted by molar-refractivity contribution is 0.107. The minimum atomic E-state index is 0.213. The zero-order chi connectivity index (χ0) is 14.6. The molecule has 1 aromatic carbocycles. The summed E-state index contributed by atoms with van der Waals surface area (Å²) in [5, 5.41) is 9.70. The highest BCUT2D eigenvalue weighted by Crippen LogP contribution is 2.48. The minimum Gasteiger partial charge on any atom is -0.504 e. The molecule has 1 aliphatic carbocycles. The Kier molecular flexibility index (Phi) is 4.95. The van der Waals surface area contributed by atoms with Crippen LogP contribution < -0.4 is 4.74 Å². The van der Waals surface area contributed by atoms with E-state index in [9.17, 15) is 5.11 Å². The lowest BCUT2D eigenvalue weighted by Crippen LogP contribution is -2.33. The number of ether oxygens (including phenoxy) is 1. The summed E-state index contributed by atoms with van der Waals surface area (Å²) in [5.41, 5.74) is 1.63. The molecule has 1 saturated carbocycles. The van der Waals surface area contributed by atoms with Crippen LogP contribution in [-0.4, -0.2) is 12.2 Å².